The number of nitrogens with one attached hydrogen (secondary N) is 1. The molecule has 0 spiro atoms. The van der Waals surface area contributed by atoms with E-state index in [0.29, 0.717) is 19.4 Å². The summed E-state index contributed by atoms with van der Waals surface area (Å²) in [6, 6.07) is 4.61. The molecule has 1 heterocycles. The van der Waals surface area contributed by atoms with Crippen molar-refractivity contribution in [3.05, 3.63) is 42.5 Å². The van der Waals surface area contributed by atoms with Gasteiger partial charge in [-0.15, -0.1) is 6.58 Å². The van der Waals surface area contributed by atoms with Gasteiger partial charge in [-0.1, -0.05) is 6.08 Å². The van der Waals surface area contributed by atoms with E-state index in [1.807, 2.05) is 0 Å². The van der Waals surface area contributed by atoms with Gasteiger partial charge in [-0.25, -0.2) is 17.9 Å². The maximum absolute atomic E-state index is 12.4. The molecule has 0 aromatic heterocycles. The first kappa shape index (κ1) is 17.2. The van der Waals surface area contributed by atoms with Crippen molar-refractivity contribution in [1.29, 1.82) is 0 Å². The smallest absolute Gasteiger partial charge is 0.326 e. The predicted octanol–water partition coefficient (Wildman–Crippen LogP) is 0.840. The lowest BCUT2D eigenvalue weighted by Crippen LogP contribution is -2.40. The van der Waals surface area contributed by atoms with Gasteiger partial charge in [0.25, 0.3) is 5.91 Å². The molecular weight excluding hydrogens is 320 g/mol. The van der Waals surface area contributed by atoms with Gasteiger partial charge >= 0.3 is 5.97 Å². The summed E-state index contributed by atoms with van der Waals surface area (Å²) < 4.78 is 26.2. The van der Waals surface area contributed by atoms with E-state index in [-0.39, 0.29) is 17.0 Å². The van der Waals surface area contributed by atoms with Gasteiger partial charge in [0.1, 0.15) is 6.04 Å². The van der Waals surface area contributed by atoms with Gasteiger partial charge < -0.3 is 10.0 Å². The summed E-state index contributed by atoms with van der Waals surface area (Å²) in [6.45, 7) is 3.93. The number of carbonyl (C=O) groups excluding carboxylic acids is 1. The zero-order valence-corrected chi connectivity index (χ0v) is 13.3. The molecule has 0 aliphatic carbocycles. The molecule has 1 aliphatic rings. The Morgan fingerprint density at radius 2 is 2.00 bits per heavy atom. The van der Waals surface area contributed by atoms with E-state index in [4.69, 9.17) is 5.11 Å². The summed E-state index contributed by atoms with van der Waals surface area (Å²) in [6.07, 6.45) is 2.49. The number of amides is 1. The van der Waals surface area contributed by atoms with Gasteiger partial charge in [-0.2, -0.15) is 0 Å². The molecule has 1 amide bonds. The molecule has 2 rings (SSSR count). The Kier molecular flexibility index (Phi) is 5.17. The molecular formula is C15H18N2O5S. The zero-order valence-electron chi connectivity index (χ0n) is 12.4. The molecule has 1 aliphatic heterocycles. The van der Waals surface area contributed by atoms with E-state index in [0.717, 1.165) is 0 Å². The van der Waals surface area contributed by atoms with Gasteiger partial charge in [0.15, 0.2) is 0 Å². The Bertz CT molecular complexity index is 712. The van der Waals surface area contributed by atoms with Crippen LogP contribution in [0.1, 0.15) is 23.2 Å². The first-order valence-electron chi connectivity index (χ1n) is 7.11. The maximum Gasteiger partial charge on any atom is 0.326 e. The summed E-state index contributed by atoms with van der Waals surface area (Å²) >= 11 is 0. The van der Waals surface area contributed by atoms with Crippen molar-refractivity contribution >= 4 is 21.9 Å². The highest BCUT2D eigenvalue weighted by atomic mass is 32.2. The normalized spacial score (nSPS) is 17.9. The Morgan fingerprint density at radius 1 is 1.35 bits per heavy atom. The van der Waals surface area contributed by atoms with Gasteiger partial charge in [-0.05, 0) is 37.1 Å². The first-order valence-corrected chi connectivity index (χ1v) is 8.59. The molecule has 0 saturated carbocycles. The van der Waals surface area contributed by atoms with E-state index in [2.05, 4.69) is 11.3 Å². The molecule has 124 valence electrons. The van der Waals surface area contributed by atoms with E-state index in [9.17, 15) is 18.0 Å². The number of benzene rings is 1. The quantitative estimate of drug-likeness (QED) is 0.748. The van der Waals surface area contributed by atoms with Gasteiger partial charge in [0.2, 0.25) is 10.0 Å². The second-order valence-corrected chi connectivity index (χ2v) is 6.93. The van der Waals surface area contributed by atoms with E-state index >= 15 is 0 Å². The minimum atomic E-state index is -3.65. The molecule has 0 bridgehead atoms. The molecule has 2 N–H and O–H groups in total. The van der Waals surface area contributed by atoms with Crippen LogP contribution in [-0.2, 0) is 14.8 Å². The van der Waals surface area contributed by atoms with Crippen LogP contribution in [0.25, 0.3) is 0 Å². The zero-order chi connectivity index (χ0) is 17.0. The van der Waals surface area contributed by atoms with Crippen LogP contribution in [0.15, 0.2) is 41.8 Å². The third-order valence-corrected chi connectivity index (χ3v) is 5.07. The molecule has 0 unspecified atom stereocenters. The van der Waals surface area contributed by atoms with Crippen molar-refractivity contribution in [1.82, 2.24) is 9.62 Å². The number of hydrogen-bond donors (Lipinski definition) is 2. The van der Waals surface area contributed by atoms with E-state index in [1.54, 1.807) is 0 Å². The van der Waals surface area contributed by atoms with Crippen LogP contribution in [0.2, 0.25) is 0 Å². The number of hydrogen-bond acceptors (Lipinski definition) is 4. The second kappa shape index (κ2) is 6.93. The number of carboxylic acids is 1. The topological polar surface area (TPSA) is 104 Å². The average Bonchev–Trinajstić information content (AvgIpc) is 3.02. The molecule has 23 heavy (non-hydrogen) atoms. The third-order valence-electron chi connectivity index (χ3n) is 3.63. The minimum absolute atomic E-state index is 0.0344. The molecule has 1 aromatic rings. The van der Waals surface area contributed by atoms with Crippen LogP contribution in [0, 0.1) is 0 Å². The largest absolute Gasteiger partial charge is 0.480 e. The van der Waals surface area contributed by atoms with Crippen LogP contribution in [0.4, 0.5) is 0 Å². The fourth-order valence-corrected chi connectivity index (χ4v) is 3.46. The van der Waals surface area contributed by atoms with E-state index in [1.165, 1.54) is 35.2 Å². The monoisotopic (exact) mass is 338 g/mol. The van der Waals surface area contributed by atoms with Gasteiger partial charge in [0, 0.05) is 18.7 Å². The van der Waals surface area contributed by atoms with Crippen LogP contribution in [0.5, 0.6) is 0 Å². The number of rotatable bonds is 6. The van der Waals surface area contributed by atoms with Crippen molar-refractivity contribution in [3.63, 3.8) is 0 Å². The Hall–Kier alpha value is -2.19. The third kappa shape index (κ3) is 3.77. The Balaban J connectivity index is 2.18. The number of sulfonamides is 1. The number of likely N-dealkylation sites (tertiary alicyclic amines) is 1. The fourth-order valence-electron chi connectivity index (χ4n) is 2.46. The summed E-state index contributed by atoms with van der Waals surface area (Å²) in [5.41, 5.74) is 0.265. The highest BCUT2D eigenvalue weighted by Crippen LogP contribution is 2.21. The molecule has 0 radical (unpaired) electrons. The van der Waals surface area contributed by atoms with Crippen molar-refractivity contribution in [2.45, 2.75) is 23.8 Å². The molecule has 8 heteroatoms. The van der Waals surface area contributed by atoms with Crippen molar-refractivity contribution in [2.75, 3.05) is 13.1 Å². The van der Waals surface area contributed by atoms with Crippen LogP contribution in [0.3, 0.4) is 0 Å². The summed E-state index contributed by atoms with van der Waals surface area (Å²) in [7, 11) is -3.65. The van der Waals surface area contributed by atoms with Gasteiger partial charge in [-0.3, -0.25) is 4.79 Å². The standard InChI is InChI=1S/C15H18N2O5S/c1-2-9-16-23(21,22)12-7-5-11(6-8-12)14(18)17-10-3-4-13(17)15(19)20/h2,5-8,13,16H,1,3-4,9-10H2,(H,19,20)/t13-/m1/s1. The highest BCUT2D eigenvalue weighted by Gasteiger charge is 2.34. The SMILES string of the molecule is C=CCNS(=O)(=O)c1ccc(C(=O)N2CCC[C@@H]2C(=O)O)cc1. The highest BCUT2D eigenvalue weighted by molar-refractivity contribution is 7.89. The summed E-state index contributed by atoms with van der Waals surface area (Å²) in [5, 5.41) is 9.12. The average molecular weight is 338 g/mol. The predicted molar refractivity (Wildman–Crippen MR) is 83.5 cm³/mol. The van der Waals surface area contributed by atoms with E-state index < -0.39 is 27.9 Å². The minimum Gasteiger partial charge on any atom is -0.480 e. The molecule has 1 saturated heterocycles. The lowest BCUT2D eigenvalue weighted by molar-refractivity contribution is -0.141. The number of carbonyl (C=O) groups is 2. The van der Waals surface area contributed by atoms with Gasteiger partial charge in [0.05, 0.1) is 4.90 Å². The number of carboxylic acid groups (broad SMARTS) is 1. The van der Waals surface area contributed by atoms with Crippen LogP contribution >= 0.6 is 0 Å². The summed E-state index contributed by atoms with van der Waals surface area (Å²) in [4.78, 5) is 24.9. The number of aliphatic carboxylic acids is 1. The molecule has 1 atom stereocenters. The molecule has 1 aromatic carbocycles. The first-order chi connectivity index (χ1) is 10.9. The van der Waals surface area contributed by atoms with Crippen molar-refractivity contribution in [2.24, 2.45) is 0 Å². The fraction of sp³-hybridized carbons (Fsp3) is 0.333. The summed E-state index contributed by atoms with van der Waals surface area (Å²) in [5.74, 6) is -1.43. The Labute approximate surface area is 134 Å². The number of nitrogens with zero attached hydrogens (tertiary/aromatic N) is 1. The van der Waals surface area contributed by atoms with Crippen LogP contribution in [-0.4, -0.2) is 49.4 Å². The Morgan fingerprint density at radius 3 is 2.57 bits per heavy atom. The van der Waals surface area contributed by atoms with Crippen LogP contribution < -0.4 is 4.72 Å². The lowest BCUT2D eigenvalue weighted by atomic mass is 10.1. The molecule has 1 fully saturated rings. The lowest BCUT2D eigenvalue weighted by Gasteiger charge is -2.21. The second-order valence-electron chi connectivity index (χ2n) is 5.16. The van der Waals surface area contributed by atoms with Crippen molar-refractivity contribution in [3.8, 4) is 0 Å². The van der Waals surface area contributed by atoms with Crippen molar-refractivity contribution < 1.29 is 23.1 Å². The maximum atomic E-state index is 12.4. The molecule has 7 nitrogen and oxygen atoms in total.